The summed E-state index contributed by atoms with van der Waals surface area (Å²) in [5, 5.41) is 0. The van der Waals surface area contributed by atoms with E-state index in [1.807, 2.05) is 32.9 Å². The second-order valence-corrected chi connectivity index (χ2v) is 4.99. The lowest BCUT2D eigenvalue weighted by Crippen LogP contribution is -2.29. The highest BCUT2D eigenvalue weighted by molar-refractivity contribution is 5.98. The van der Waals surface area contributed by atoms with Crippen molar-refractivity contribution >= 4 is 11.8 Å². The summed E-state index contributed by atoms with van der Waals surface area (Å²) in [6.45, 7) is 9.41. The molecule has 2 atom stereocenters. The van der Waals surface area contributed by atoms with Gasteiger partial charge in [0.1, 0.15) is 11.7 Å². The van der Waals surface area contributed by atoms with E-state index in [0.29, 0.717) is 6.61 Å². The summed E-state index contributed by atoms with van der Waals surface area (Å²) in [4.78, 5) is 23.7. The first kappa shape index (κ1) is 15.4. The molecule has 0 saturated heterocycles. The van der Waals surface area contributed by atoms with Crippen molar-refractivity contribution in [3.05, 3.63) is 34.9 Å². The average Bonchev–Trinajstić information content (AvgIpc) is 2.28. The minimum Gasteiger partial charge on any atom is -0.465 e. The SMILES string of the molecule is CCOC(=O)C(C(C)=O)C(C)c1ccc(C)cc1C. The quantitative estimate of drug-likeness (QED) is 0.604. The van der Waals surface area contributed by atoms with Crippen molar-refractivity contribution in [2.75, 3.05) is 6.61 Å². The number of esters is 1. The second kappa shape index (κ2) is 6.50. The maximum atomic E-state index is 11.9. The Morgan fingerprint density at radius 2 is 1.89 bits per heavy atom. The van der Waals surface area contributed by atoms with Crippen LogP contribution in [0.5, 0.6) is 0 Å². The van der Waals surface area contributed by atoms with Gasteiger partial charge in [0.15, 0.2) is 0 Å². The molecule has 1 aromatic rings. The predicted octanol–water partition coefficient (Wildman–Crippen LogP) is 3.18. The molecule has 19 heavy (non-hydrogen) atoms. The first-order valence-corrected chi connectivity index (χ1v) is 6.62. The van der Waals surface area contributed by atoms with Gasteiger partial charge in [0, 0.05) is 5.92 Å². The zero-order valence-electron chi connectivity index (χ0n) is 12.3. The van der Waals surface area contributed by atoms with Gasteiger partial charge in [-0.2, -0.15) is 0 Å². The Labute approximate surface area is 115 Å². The predicted molar refractivity (Wildman–Crippen MR) is 75.1 cm³/mol. The molecule has 0 aromatic heterocycles. The van der Waals surface area contributed by atoms with Gasteiger partial charge in [0.2, 0.25) is 0 Å². The van der Waals surface area contributed by atoms with Gasteiger partial charge in [-0.3, -0.25) is 9.59 Å². The molecule has 0 aliphatic rings. The molecule has 0 aliphatic carbocycles. The van der Waals surface area contributed by atoms with E-state index in [1.54, 1.807) is 6.92 Å². The molecule has 0 bridgehead atoms. The maximum Gasteiger partial charge on any atom is 0.317 e. The van der Waals surface area contributed by atoms with Gasteiger partial charge in [-0.15, -0.1) is 0 Å². The molecule has 1 rings (SSSR count). The van der Waals surface area contributed by atoms with E-state index < -0.39 is 11.9 Å². The summed E-state index contributed by atoms with van der Waals surface area (Å²) in [5.41, 5.74) is 3.30. The molecule has 0 N–H and O–H groups in total. The highest BCUT2D eigenvalue weighted by Gasteiger charge is 2.32. The first-order valence-electron chi connectivity index (χ1n) is 6.62. The molecule has 104 valence electrons. The van der Waals surface area contributed by atoms with Crippen LogP contribution in [0, 0.1) is 19.8 Å². The summed E-state index contributed by atoms with van der Waals surface area (Å²) in [5.74, 6) is -1.47. The highest BCUT2D eigenvalue weighted by atomic mass is 16.5. The van der Waals surface area contributed by atoms with E-state index in [-0.39, 0.29) is 11.7 Å². The van der Waals surface area contributed by atoms with E-state index in [0.717, 1.165) is 11.1 Å². The Kier molecular flexibility index (Phi) is 5.28. The summed E-state index contributed by atoms with van der Waals surface area (Å²) < 4.78 is 5.01. The van der Waals surface area contributed by atoms with Crippen molar-refractivity contribution < 1.29 is 14.3 Å². The van der Waals surface area contributed by atoms with Gasteiger partial charge in [-0.05, 0) is 38.8 Å². The molecule has 0 heterocycles. The normalized spacial score (nSPS) is 13.7. The lowest BCUT2D eigenvalue weighted by Gasteiger charge is -2.22. The smallest absolute Gasteiger partial charge is 0.317 e. The van der Waals surface area contributed by atoms with E-state index >= 15 is 0 Å². The molecule has 0 radical (unpaired) electrons. The largest absolute Gasteiger partial charge is 0.465 e. The van der Waals surface area contributed by atoms with Crippen LogP contribution < -0.4 is 0 Å². The van der Waals surface area contributed by atoms with E-state index in [4.69, 9.17) is 4.74 Å². The first-order chi connectivity index (χ1) is 8.88. The third kappa shape index (κ3) is 3.66. The summed E-state index contributed by atoms with van der Waals surface area (Å²) in [6.07, 6.45) is 0. The van der Waals surface area contributed by atoms with Crippen molar-refractivity contribution in [2.24, 2.45) is 5.92 Å². The minimum absolute atomic E-state index is 0.147. The zero-order chi connectivity index (χ0) is 14.6. The molecule has 0 fully saturated rings. The van der Waals surface area contributed by atoms with Gasteiger partial charge < -0.3 is 4.74 Å². The summed E-state index contributed by atoms with van der Waals surface area (Å²) in [7, 11) is 0. The number of hydrogen-bond acceptors (Lipinski definition) is 3. The summed E-state index contributed by atoms with van der Waals surface area (Å²) >= 11 is 0. The van der Waals surface area contributed by atoms with Crippen LogP contribution in [0.25, 0.3) is 0 Å². The van der Waals surface area contributed by atoms with E-state index in [2.05, 4.69) is 6.07 Å². The zero-order valence-corrected chi connectivity index (χ0v) is 12.3. The Morgan fingerprint density at radius 1 is 1.26 bits per heavy atom. The lowest BCUT2D eigenvalue weighted by molar-refractivity contribution is -0.151. The summed E-state index contributed by atoms with van der Waals surface area (Å²) in [6, 6.07) is 6.06. The van der Waals surface area contributed by atoms with Gasteiger partial charge in [-0.25, -0.2) is 0 Å². The van der Waals surface area contributed by atoms with E-state index in [1.165, 1.54) is 12.5 Å². The van der Waals surface area contributed by atoms with Crippen LogP contribution in [0.15, 0.2) is 18.2 Å². The fourth-order valence-electron chi connectivity index (χ4n) is 2.47. The molecule has 0 spiro atoms. The standard InChI is InChI=1S/C16H22O3/c1-6-19-16(18)15(13(5)17)12(4)14-8-7-10(2)9-11(14)3/h7-9,12,15H,6H2,1-5H3. The Morgan fingerprint density at radius 3 is 2.37 bits per heavy atom. The maximum absolute atomic E-state index is 11.9. The number of ether oxygens (including phenoxy) is 1. The molecule has 3 heteroatoms. The van der Waals surface area contributed by atoms with Crippen LogP contribution in [-0.2, 0) is 14.3 Å². The topological polar surface area (TPSA) is 43.4 Å². The monoisotopic (exact) mass is 262 g/mol. The van der Waals surface area contributed by atoms with Gasteiger partial charge >= 0.3 is 5.97 Å². The van der Waals surface area contributed by atoms with Crippen LogP contribution in [0.1, 0.15) is 43.4 Å². The third-order valence-electron chi connectivity index (χ3n) is 3.39. The molecule has 3 nitrogen and oxygen atoms in total. The van der Waals surface area contributed by atoms with Crippen LogP contribution in [0.2, 0.25) is 0 Å². The molecule has 2 unspecified atom stereocenters. The number of hydrogen-bond donors (Lipinski definition) is 0. The van der Waals surface area contributed by atoms with Crippen LogP contribution in [-0.4, -0.2) is 18.4 Å². The van der Waals surface area contributed by atoms with Crippen molar-refractivity contribution in [1.82, 2.24) is 0 Å². The van der Waals surface area contributed by atoms with Crippen molar-refractivity contribution in [3.8, 4) is 0 Å². The van der Waals surface area contributed by atoms with Gasteiger partial charge in [0.05, 0.1) is 6.61 Å². The number of carbonyl (C=O) groups excluding carboxylic acids is 2. The average molecular weight is 262 g/mol. The van der Waals surface area contributed by atoms with Gasteiger partial charge in [0.25, 0.3) is 0 Å². The van der Waals surface area contributed by atoms with Crippen molar-refractivity contribution in [1.29, 1.82) is 0 Å². The Hall–Kier alpha value is -1.64. The third-order valence-corrected chi connectivity index (χ3v) is 3.39. The second-order valence-electron chi connectivity index (χ2n) is 4.99. The number of benzene rings is 1. The van der Waals surface area contributed by atoms with E-state index in [9.17, 15) is 9.59 Å². The Balaban J connectivity index is 3.09. The number of Topliss-reactive ketones (excluding diaryl/α,β-unsaturated/α-hetero) is 1. The van der Waals surface area contributed by atoms with Crippen LogP contribution in [0.3, 0.4) is 0 Å². The minimum atomic E-state index is -0.721. The van der Waals surface area contributed by atoms with Crippen LogP contribution in [0.4, 0.5) is 0 Å². The molecule has 0 amide bonds. The number of aryl methyl sites for hydroxylation is 2. The van der Waals surface area contributed by atoms with Crippen molar-refractivity contribution in [3.63, 3.8) is 0 Å². The number of ketones is 1. The van der Waals surface area contributed by atoms with Crippen LogP contribution >= 0.6 is 0 Å². The number of rotatable bonds is 5. The Bertz CT molecular complexity index is 477. The van der Waals surface area contributed by atoms with Gasteiger partial charge in [-0.1, -0.05) is 30.7 Å². The fourth-order valence-corrected chi connectivity index (χ4v) is 2.47. The van der Waals surface area contributed by atoms with Crippen molar-refractivity contribution in [2.45, 2.75) is 40.5 Å². The highest BCUT2D eigenvalue weighted by Crippen LogP contribution is 2.29. The lowest BCUT2D eigenvalue weighted by atomic mass is 9.83. The fraction of sp³-hybridized carbons (Fsp3) is 0.500. The molecule has 1 aromatic carbocycles. The molecule has 0 saturated carbocycles. The molecule has 0 aliphatic heterocycles. The number of carbonyl (C=O) groups is 2. The molecular formula is C16H22O3. The molecular weight excluding hydrogens is 240 g/mol.